The van der Waals surface area contributed by atoms with Crippen molar-refractivity contribution in [1.29, 1.82) is 0 Å². The largest absolute Gasteiger partial charge is 0.391 e. The normalized spacial score (nSPS) is 27.2. The van der Waals surface area contributed by atoms with Gasteiger partial charge in [-0.15, -0.1) is 0 Å². The van der Waals surface area contributed by atoms with Crippen molar-refractivity contribution >= 4 is 5.91 Å². The number of nitrogens with one attached hydrogen (secondary N) is 1. The van der Waals surface area contributed by atoms with Crippen molar-refractivity contribution < 1.29 is 14.3 Å². The Morgan fingerprint density at radius 1 is 1.40 bits per heavy atom. The predicted molar refractivity (Wildman–Crippen MR) is 88.0 cm³/mol. The van der Waals surface area contributed by atoms with Crippen LogP contribution in [0, 0.1) is 11.7 Å². The lowest BCUT2D eigenvalue weighted by Gasteiger charge is -2.21. The van der Waals surface area contributed by atoms with Crippen molar-refractivity contribution in [3.05, 3.63) is 48.6 Å². The van der Waals surface area contributed by atoms with Crippen LogP contribution >= 0.6 is 0 Å². The van der Waals surface area contributed by atoms with Crippen LogP contribution in [0.3, 0.4) is 0 Å². The molecule has 3 atom stereocenters. The Hall–Kier alpha value is -2.28. The number of aliphatic hydroxyl groups excluding tert-OH is 1. The molecule has 2 aliphatic rings. The Bertz CT molecular complexity index is 760. The molecule has 0 spiro atoms. The molecule has 1 amide bonds. The van der Waals surface area contributed by atoms with Crippen molar-refractivity contribution in [3.63, 3.8) is 0 Å². The van der Waals surface area contributed by atoms with E-state index in [1.807, 2.05) is 10.8 Å². The highest BCUT2D eigenvalue weighted by molar-refractivity contribution is 5.91. The lowest BCUT2D eigenvalue weighted by molar-refractivity contribution is -0.125. The Kier molecular flexibility index (Phi) is 4.03. The minimum absolute atomic E-state index is 0.218. The summed E-state index contributed by atoms with van der Waals surface area (Å²) in [7, 11) is 0. The van der Waals surface area contributed by atoms with E-state index in [2.05, 4.69) is 15.3 Å². The fourth-order valence-corrected chi connectivity index (χ4v) is 3.86. The number of nitrogens with zero attached hydrogens (tertiary/aromatic N) is 3. The molecule has 0 aliphatic heterocycles. The fraction of sp³-hybridized carbons (Fsp3) is 0.500. The summed E-state index contributed by atoms with van der Waals surface area (Å²) >= 11 is 0. The predicted octanol–water partition coefficient (Wildman–Crippen LogP) is 1.40. The fourth-order valence-electron chi connectivity index (χ4n) is 3.86. The summed E-state index contributed by atoms with van der Waals surface area (Å²) in [6.07, 6.45) is 8.81. The zero-order valence-corrected chi connectivity index (χ0v) is 13.8. The van der Waals surface area contributed by atoms with E-state index in [9.17, 15) is 14.3 Å². The molecule has 2 saturated carbocycles. The van der Waals surface area contributed by atoms with Gasteiger partial charge in [0.1, 0.15) is 5.82 Å². The number of carbonyl (C=O) groups is 1. The molecule has 2 aliphatic carbocycles. The standard InChI is InChI=1S/C18H21FN4O2/c19-13-2-1-5-21-16(13)18(3-4-18)17(25)22-14-8-12(9-15(14)24)10-23-7-6-20-11-23/h1-2,5-7,11-12,14-15,24H,3-4,8-10H2,(H,22,25)/t12?,14-,15-/m1/s1. The van der Waals surface area contributed by atoms with Gasteiger partial charge in [0, 0.05) is 25.1 Å². The van der Waals surface area contributed by atoms with Gasteiger partial charge in [-0.25, -0.2) is 9.37 Å². The molecule has 2 heterocycles. The van der Waals surface area contributed by atoms with E-state index < -0.39 is 17.3 Å². The number of aliphatic hydroxyl groups is 1. The molecule has 0 radical (unpaired) electrons. The molecule has 2 fully saturated rings. The number of hydrogen-bond acceptors (Lipinski definition) is 4. The second kappa shape index (κ2) is 6.22. The molecule has 1 unspecified atom stereocenters. The van der Waals surface area contributed by atoms with Crippen LogP contribution in [0.15, 0.2) is 37.1 Å². The second-order valence-corrected chi connectivity index (χ2v) is 7.16. The Balaban J connectivity index is 1.42. The maximum absolute atomic E-state index is 14.0. The van der Waals surface area contributed by atoms with Gasteiger partial charge in [0.05, 0.1) is 29.6 Å². The van der Waals surface area contributed by atoms with E-state index in [1.165, 1.54) is 18.3 Å². The van der Waals surface area contributed by atoms with Crippen LogP contribution in [0.1, 0.15) is 31.4 Å². The van der Waals surface area contributed by atoms with Crippen molar-refractivity contribution in [2.75, 3.05) is 0 Å². The van der Waals surface area contributed by atoms with Crippen molar-refractivity contribution in [2.24, 2.45) is 5.92 Å². The minimum Gasteiger partial charge on any atom is -0.391 e. The van der Waals surface area contributed by atoms with Crippen LogP contribution in [-0.4, -0.2) is 37.7 Å². The molecule has 25 heavy (non-hydrogen) atoms. The monoisotopic (exact) mass is 344 g/mol. The molecule has 0 saturated heterocycles. The lowest BCUT2D eigenvalue weighted by atomic mass is 9.99. The third kappa shape index (κ3) is 3.04. The first-order valence-electron chi connectivity index (χ1n) is 8.64. The summed E-state index contributed by atoms with van der Waals surface area (Å²) in [5.41, 5.74) is -0.650. The Labute approximate surface area is 145 Å². The van der Waals surface area contributed by atoms with E-state index in [4.69, 9.17) is 0 Å². The van der Waals surface area contributed by atoms with E-state index in [0.29, 0.717) is 25.7 Å². The topological polar surface area (TPSA) is 80.0 Å². The van der Waals surface area contributed by atoms with Crippen LogP contribution in [0.25, 0.3) is 0 Å². The number of rotatable bonds is 5. The summed E-state index contributed by atoms with van der Waals surface area (Å²) in [6, 6.07) is 2.56. The third-order valence-corrected chi connectivity index (χ3v) is 5.37. The first kappa shape index (κ1) is 16.2. The number of pyridine rings is 1. The quantitative estimate of drug-likeness (QED) is 0.859. The molecule has 0 aromatic carbocycles. The highest BCUT2D eigenvalue weighted by Crippen LogP contribution is 2.48. The molecule has 2 N–H and O–H groups in total. The molecular formula is C18H21FN4O2. The van der Waals surface area contributed by atoms with Gasteiger partial charge in [0.25, 0.3) is 0 Å². The van der Waals surface area contributed by atoms with Crippen LogP contribution in [0.2, 0.25) is 0 Å². The summed E-state index contributed by atoms with van der Waals surface area (Å²) in [5, 5.41) is 13.3. The lowest BCUT2D eigenvalue weighted by Crippen LogP contribution is -2.45. The maximum Gasteiger partial charge on any atom is 0.232 e. The van der Waals surface area contributed by atoms with E-state index in [-0.39, 0.29) is 23.6 Å². The van der Waals surface area contributed by atoms with E-state index >= 15 is 0 Å². The smallest absolute Gasteiger partial charge is 0.232 e. The van der Waals surface area contributed by atoms with Gasteiger partial charge < -0.3 is 15.0 Å². The van der Waals surface area contributed by atoms with Crippen LogP contribution in [0.5, 0.6) is 0 Å². The van der Waals surface area contributed by atoms with Crippen LogP contribution < -0.4 is 5.32 Å². The number of imidazole rings is 1. The molecule has 132 valence electrons. The highest BCUT2D eigenvalue weighted by atomic mass is 19.1. The molecule has 0 bridgehead atoms. The molecule has 6 nitrogen and oxygen atoms in total. The van der Waals surface area contributed by atoms with Gasteiger partial charge in [0.15, 0.2) is 0 Å². The van der Waals surface area contributed by atoms with E-state index in [1.54, 1.807) is 12.5 Å². The average molecular weight is 344 g/mol. The minimum atomic E-state index is -0.868. The molecule has 4 rings (SSSR count). The van der Waals surface area contributed by atoms with Gasteiger partial charge >= 0.3 is 0 Å². The number of aromatic nitrogens is 3. The highest BCUT2D eigenvalue weighted by Gasteiger charge is 2.55. The number of halogens is 1. The zero-order chi connectivity index (χ0) is 17.4. The zero-order valence-electron chi connectivity index (χ0n) is 13.8. The Morgan fingerprint density at radius 2 is 2.24 bits per heavy atom. The molecular weight excluding hydrogens is 323 g/mol. The first-order valence-corrected chi connectivity index (χ1v) is 8.64. The van der Waals surface area contributed by atoms with E-state index in [0.717, 1.165) is 6.54 Å². The van der Waals surface area contributed by atoms with Crippen molar-refractivity contribution in [3.8, 4) is 0 Å². The van der Waals surface area contributed by atoms with Gasteiger partial charge in [-0.1, -0.05) is 0 Å². The third-order valence-electron chi connectivity index (χ3n) is 5.37. The summed E-state index contributed by atoms with van der Waals surface area (Å²) in [4.78, 5) is 20.9. The van der Waals surface area contributed by atoms with Crippen molar-refractivity contribution in [2.45, 2.75) is 49.8 Å². The second-order valence-electron chi connectivity index (χ2n) is 7.16. The Morgan fingerprint density at radius 3 is 2.92 bits per heavy atom. The number of carbonyl (C=O) groups excluding carboxylic acids is 1. The van der Waals surface area contributed by atoms with Crippen molar-refractivity contribution in [1.82, 2.24) is 19.9 Å². The molecule has 7 heteroatoms. The SMILES string of the molecule is O=C(N[C@@H]1CC(Cn2ccnc2)C[C@H]1O)C1(c2ncccc2F)CC1. The maximum atomic E-state index is 14.0. The van der Waals surface area contributed by atoms with Crippen LogP contribution in [-0.2, 0) is 16.8 Å². The summed E-state index contributed by atoms with van der Waals surface area (Å²) in [6.45, 7) is 0.767. The van der Waals surface area contributed by atoms with Gasteiger partial charge in [-0.05, 0) is 43.7 Å². The molecule has 2 aromatic heterocycles. The summed E-state index contributed by atoms with van der Waals surface area (Å²) < 4.78 is 16.0. The molecule has 2 aromatic rings. The van der Waals surface area contributed by atoms with Gasteiger partial charge in [0.2, 0.25) is 5.91 Å². The number of hydrogen-bond donors (Lipinski definition) is 2. The van der Waals surface area contributed by atoms with Gasteiger partial charge in [-0.2, -0.15) is 0 Å². The summed E-state index contributed by atoms with van der Waals surface area (Å²) in [5.74, 6) is -0.395. The van der Waals surface area contributed by atoms with Gasteiger partial charge in [-0.3, -0.25) is 9.78 Å². The first-order chi connectivity index (χ1) is 12.1. The number of amides is 1. The van der Waals surface area contributed by atoms with Crippen LogP contribution in [0.4, 0.5) is 4.39 Å². The average Bonchev–Trinajstić information content (AvgIpc) is 3.11.